The molecular weight excluding hydrogens is 367 g/mol. The van der Waals surface area contributed by atoms with E-state index in [2.05, 4.69) is 9.88 Å². The van der Waals surface area contributed by atoms with Gasteiger partial charge in [-0.3, -0.25) is 4.79 Å². The van der Waals surface area contributed by atoms with Gasteiger partial charge >= 0.3 is 0 Å². The monoisotopic (exact) mass is 394 g/mol. The van der Waals surface area contributed by atoms with E-state index in [4.69, 9.17) is 0 Å². The van der Waals surface area contributed by atoms with Crippen molar-refractivity contribution in [3.05, 3.63) is 78.1 Å². The number of benzene rings is 2. The summed E-state index contributed by atoms with van der Waals surface area (Å²) in [6.45, 7) is 5.22. The Morgan fingerprint density at radius 2 is 1.86 bits per heavy atom. The fraction of sp³-hybridized carbons (Fsp3) is 0.304. The average Bonchev–Trinajstić information content (AvgIpc) is 3.10. The predicted octanol–water partition coefficient (Wildman–Crippen LogP) is 4.50. The SMILES string of the molecule is CC(C)CN(C(=O)c1ccccc1F)c1cccc(N(C)Cc2nccn2C)c1. The maximum Gasteiger partial charge on any atom is 0.261 e. The number of carbonyl (C=O) groups excluding carboxylic acids is 1. The number of nitrogens with zero attached hydrogens (tertiary/aromatic N) is 4. The van der Waals surface area contributed by atoms with Crippen molar-refractivity contribution in [1.29, 1.82) is 0 Å². The lowest BCUT2D eigenvalue weighted by Crippen LogP contribution is -2.35. The first-order chi connectivity index (χ1) is 13.9. The van der Waals surface area contributed by atoms with E-state index < -0.39 is 5.82 Å². The van der Waals surface area contributed by atoms with E-state index in [0.717, 1.165) is 17.2 Å². The van der Waals surface area contributed by atoms with Crippen LogP contribution in [0.5, 0.6) is 0 Å². The zero-order chi connectivity index (χ0) is 21.0. The van der Waals surface area contributed by atoms with Crippen LogP contribution in [0.4, 0.5) is 15.8 Å². The Labute approximate surface area is 171 Å². The molecule has 0 spiro atoms. The van der Waals surface area contributed by atoms with Crippen LogP contribution in [0, 0.1) is 11.7 Å². The van der Waals surface area contributed by atoms with Crippen LogP contribution in [0.3, 0.4) is 0 Å². The average molecular weight is 394 g/mol. The summed E-state index contributed by atoms with van der Waals surface area (Å²) in [5.41, 5.74) is 1.79. The molecule has 0 N–H and O–H groups in total. The van der Waals surface area contributed by atoms with Crippen LogP contribution < -0.4 is 9.80 Å². The fourth-order valence-electron chi connectivity index (χ4n) is 3.20. The first-order valence-electron chi connectivity index (χ1n) is 9.70. The van der Waals surface area contributed by atoms with Crippen molar-refractivity contribution >= 4 is 17.3 Å². The lowest BCUT2D eigenvalue weighted by Gasteiger charge is -2.27. The van der Waals surface area contributed by atoms with E-state index in [-0.39, 0.29) is 17.4 Å². The van der Waals surface area contributed by atoms with Gasteiger partial charge in [-0.15, -0.1) is 0 Å². The molecule has 6 heteroatoms. The van der Waals surface area contributed by atoms with Gasteiger partial charge < -0.3 is 14.4 Å². The fourth-order valence-corrected chi connectivity index (χ4v) is 3.20. The molecule has 1 aromatic heterocycles. The van der Waals surface area contributed by atoms with Gasteiger partial charge in [0.2, 0.25) is 0 Å². The number of carbonyl (C=O) groups is 1. The van der Waals surface area contributed by atoms with E-state index in [0.29, 0.717) is 13.1 Å². The zero-order valence-electron chi connectivity index (χ0n) is 17.3. The van der Waals surface area contributed by atoms with Crippen LogP contribution in [0.2, 0.25) is 0 Å². The van der Waals surface area contributed by atoms with Gasteiger partial charge in [-0.1, -0.05) is 32.0 Å². The van der Waals surface area contributed by atoms with Gasteiger partial charge in [0.25, 0.3) is 5.91 Å². The zero-order valence-corrected chi connectivity index (χ0v) is 17.3. The predicted molar refractivity (Wildman–Crippen MR) is 115 cm³/mol. The van der Waals surface area contributed by atoms with E-state index >= 15 is 0 Å². The van der Waals surface area contributed by atoms with Gasteiger partial charge in [0.1, 0.15) is 11.6 Å². The number of aromatic nitrogens is 2. The Hall–Kier alpha value is -3.15. The molecule has 0 radical (unpaired) electrons. The second-order valence-electron chi connectivity index (χ2n) is 7.62. The molecule has 0 unspecified atom stereocenters. The summed E-state index contributed by atoms with van der Waals surface area (Å²) in [7, 11) is 3.95. The molecule has 0 saturated carbocycles. The van der Waals surface area contributed by atoms with Crippen LogP contribution >= 0.6 is 0 Å². The topological polar surface area (TPSA) is 41.4 Å². The summed E-state index contributed by atoms with van der Waals surface area (Å²) in [5.74, 6) is 0.342. The Bertz CT molecular complexity index is 982. The van der Waals surface area contributed by atoms with Crippen molar-refractivity contribution in [3.8, 4) is 0 Å². The number of anilines is 2. The molecule has 2 aromatic carbocycles. The normalized spacial score (nSPS) is 11.0. The van der Waals surface area contributed by atoms with Crippen molar-refractivity contribution < 1.29 is 9.18 Å². The van der Waals surface area contributed by atoms with Crippen LogP contribution in [-0.4, -0.2) is 29.1 Å². The second kappa shape index (κ2) is 8.90. The number of rotatable bonds is 7. The minimum absolute atomic E-state index is 0.0833. The highest BCUT2D eigenvalue weighted by Gasteiger charge is 2.22. The lowest BCUT2D eigenvalue weighted by atomic mass is 10.1. The van der Waals surface area contributed by atoms with Gasteiger partial charge in [-0.25, -0.2) is 9.37 Å². The summed E-state index contributed by atoms with van der Waals surface area (Å²) in [6, 6.07) is 13.9. The number of hydrogen-bond donors (Lipinski definition) is 0. The molecule has 152 valence electrons. The van der Waals surface area contributed by atoms with Gasteiger partial charge in [-0.2, -0.15) is 0 Å². The third-order valence-corrected chi connectivity index (χ3v) is 4.78. The van der Waals surface area contributed by atoms with E-state index in [1.165, 1.54) is 12.1 Å². The molecular formula is C23H27FN4O. The van der Waals surface area contributed by atoms with E-state index in [1.807, 2.05) is 63.0 Å². The van der Waals surface area contributed by atoms with Crippen LogP contribution in [0.25, 0.3) is 0 Å². The first kappa shape index (κ1) is 20.6. The number of aryl methyl sites for hydroxylation is 1. The van der Waals surface area contributed by atoms with Crippen molar-refractivity contribution in [3.63, 3.8) is 0 Å². The number of halogens is 1. The molecule has 29 heavy (non-hydrogen) atoms. The van der Waals surface area contributed by atoms with Crippen molar-refractivity contribution in [2.75, 3.05) is 23.4 Å². The molecule has 0 bridgehead atoms. The maximum atomic E-state index is 14.2. The molecule has 1 heterocycles. The lowest BCUT2D eigenvalue weighted by molar-refractivity contribution is 0.0980. The third-order valence-electron chi connectivity index (χ3n) is 4.78. The van der Waals surface area contributed by atoms with Crippen LogP contribution in [-0.2, 0) is 13.6 Å². The van der Waals surface area contributed by atoms with Crippen molar-refractivity contribution in [1.82, 2.24) is 9.55 Å². The van der Waals surface area contributed by atoms with E-state index in [1.54, 1.807) is 23.2 Å². The molecule has 0 aliphatic carbocycles. The highest BCUT2D eigenvalue weighted by atomic mass is 19.1. The summed E-state index contributed by atoms with van der Waals surface area (Å²) < 4.78 is 16.2. The minimum atomic E-state index is -0.505. The second-order valence-corrected chi connectivity index (χ2v) is 7.62. The maximum absolute atomic E-state index is 14.2. The molecule has 3 rings (SSSR count). The first-order valence-corrected chi connectivity index (χ1v) is 9.70. The van der Waals surface area contributed by atoms with Crippen LogP contribution in [0.1, 0.15) is 30.0 Å². The molecule has 0 atom stereocenters. The molecule has 3 aromatic rings. The summed E-state index contributed by atoms with van der Waals surface area (Å²) in [6.07, 6.45) is 3.69. The highest BCUT2D eigenvalue weighted by Crippen LogP contribution is 2.26. The smallest absolute Gasteiger partial charge is 0.261 e. The summed E-state index contributed by atoms with van der Waals surface area (Å²) in [5, 5.41) is 0. The number of imidazole rings is 1. The Kier molecular flexibility index (Phi) is 6.32. The van der Waals surface area contributed by atoms with Crippen molar-refractivity contribution in [2.45, 2.75) is 20.4 Å². The molecule has 0 fully saturated rings. The highest BCUT2D eigenvalue weighted by molar-refractivity contribution is 6.06. The van der Waals surface area contributed by atoms with Gasteiger partial charge in [0.15, 0.2) is 0 Å². The Morgan fingerprint density at radius 1 is 1.14 bits per heavy atom. The van der Waals surface area contributed by atoms with Gasteiger partial charge in [0.05, 0.1) is 12.1 Å². The third kappa shape index (κ3) is 4.83. The van der Waals surface area contributed by atoms with E-state index in [9.17, 15) is 9.18 Å². The summed E-state index contributed by atoms with van der Waals surface area (Å²) >= 11 is 0. The molecule has 0 aliphatic heterocycles. The molecule has 0 aliphatic rings. The minimum Gasteiger partial charge on any atom is -0.367 e. The Morgan fingerprint density at radius 3 is 2.52 bits per heavy atom. The van der Waals surface area contributed by atoms with Gasteiger partial charge in [0, 0.05) is 44.4 Å². The largest absolute Gasteiger partial charge is 0.367 e. The molecule has 0 saturated heterocycles. The van der Waals surface area contributed by atoms with Crippen molar-refractivity contribution in [2.24, 2.45) is 13.0 Å². The van der Waals surface area contributed by atoms with Gasteiger partial charge in [-0.05, 0) is 36.2 Å². The van der Waals surface area contributed by atoms with Crippen LogP contribution in [0.15, 0.2) is 60.9 Å². The Balaban J connectivity index is 1.90. The molecule has 5 nitrogen and oxygen atoms in total. The quantitative estimate of drug-likeness (QED) is 0.593. The summed E-state index contributed by atoms with van der Waals surface area (Å²) in [4.78, 5) is 21.2. The standard InChI is InChI=1S/C23H27FN4O/c1-17(2)15-28(23(29)20-10-5-6-11-21(20)24)19-9-7-8-18(14-19)27(4)16-22-25-12-13-26(22)3/h5-14,17H,15-16H2,1-4H3. The number of amides is 1. The molecule has 1 amide bonds. The number of hydrogen-bond acceptors (Lipinski definition) is 3.